The van der Waals surface area contributed by atoms with Crippen LogP contribution in [-0.2, 0) is 0 Å². The lowest BCUT2D eigenvalue weighted by Crippen LogP contribution is -2.63. The lowest BCUT2D eigenvalue weighted by molar-refractivity contribution is -0.00984. The summed E-state index contributed by atoms with van der Waals surface area (Å²) in [5, 5.41) is 20.7. The Labute approximate surface area is 102 Å². The van der Waals surface area contributed by atoms with Crippen LogP contribution in [0.1, 0.15) is 12.8 Å². The van der Waals surface area contributed by atoms with Crippen LogP contribution in [0.4, 0.5) is 5.82 Å². The van der Waals surface area contributed by atoms with E-state index in [0.29, 0.717) is 30.5 Å². The molecule has 2 aliphatic rings. The number of anilines is 1. The zero-order valence-electron chi connectivity index (χ0n) is 9.70. The van der Waals surface area contributed by atoms with E-state index < -0.39 is 5.60 Å². The molecule has 1 aliphatic heterocycles. The minimum absolute atomic E-state index is 0.343. The van der Waals surface area contributed by atoms with Crippen molar-refractivity contribution in [1.82, 2.24) is 19.8 Å². The number of nitrogens with one attached hydrogen (secondary N) is 1. The van der Waals surface area contributed by atoms with Crippen molar-refractivity contribution in [2.75, 3.05) is 18.0 Å². The average molecular weight is 247 g/mol. The molecule has 2 N–H and O–H groups in total. The number of aromatic nitrogens is 4. The number of H-pyrrole nitrogens is 1. The molecule has 1 saturated heterocycles. The molecular weight excluding hydrogens is 234 g/mol. The largest absolute Gasteiger partial charge is 0.386 e. The zero-order chi connectivity index (χ0) is 12.3. The molecule has 0 bridgehead atoms. The number of hydrogen-bond donors (Lipinski definition) is 2. The van der Waals surface area contributed by atoms with Crippen molar-refractivity contribution >= 4 is 11.5 Å². The summed E-state index contributed by atoms with van der Waals surface area (Å²) < 4.78 is 1.24. The van der Waals surface area contributed by atoms with Crippen LogP contribution < -0.4 is 10.6 Å². The summed E-state index contributed by atoms with van der Waals surface area (Å²) in [5.41, 5.74) is -0.385. The third-order valence-corrected chi connectivity index (χ3v) is 3.85. The summed E-state index contributed by atoms with van der Waals surface area (Å²) in [5.74, 6) is 1.16. The Kier molecular flexibility index (Phi) is 1.74. The van der Waals surface area contributed by atoms with E-state index in [0.717, 1.165) is 12.8 Å². The predicted molar refractivity (Wildman–Crippen MR) is 63.5 cm³/mol. The van der Waals surface area contributed by atoms with Crippen LogP contribution in [0.15, 0.2) is 16.9 Å². The van der Waals surface area contributed by atoms with Gasteiger partial charge in [0.25, 0.3) is 0 Å². The molecule has 2 aromatic rings. The maximum absolute atomic E-state index is 11.4. The van der Waals surface area contributed by atoms with Crippen molar-refractivity contribution in [1.29, 1.82) is 0 Å². The van der Waals surface area contributed by atoms with Gasteiger partial charge in [0.2, 0.25) is 0 Å². The number of nitrogens with zero attached hydrogens (tertiary/aromatic N) is 4. The highest BCUT2D eigenvalue weighted by atomic mass is 16.3. The highest BCUT2D eigenvalue weighted by Crippen LogP contribution is 2.45. The van der Waals surface area contributed by atoms with Crippen LogP contribution in [0.5, 0.6) is 0 Å². The van der Waals surface area contributed by atoms with Crippen LogP contribution >= 0.6 is 0 Å². The van der Waals surface area contributed by atoms with E-state index in [-0.39, 0.29) is 5.69 Å². The van der Waals surface area contributed by atoms with Gasteiger partial charge in [0, 0.05) is 0 Å². The standard InChI is InChI=1S/C11H13N5O2/c17-10-13-12-8-3-4-9(14-16(8)10)15-5-11(18,6-15)7-1-2-7/h3-4,7,18H,1-2,5-6H2,(H,13,17). The highest BCUT2D eigenvalue weighted by Gasteiger charge is 2.52. The first-order chi connectivity index (χ1) is 8.66. The first-order valence-corrected chi connectivity index (χ1v) is 6.07. The molecule has 0 atom stereocenters. The summed E-state index contributed by atoms with van der Waals surface area (Å²) in [4.78, 5) is 13.4. The average Bonchev–Trinajstić information content (AvgIpc) is 3.12. The van der Waals surface area contributed by atoms with Crippen LogP contribution in [-0.4, -0.2) is 43.6 Å². The van der Waals surface area contributed by atoms with E-state index in [2.05, 4.69) is 15.3 Å². The van der Waals surface area contributed by atoms with Gasteiger partial charge in [0.15, 0.2) is 5.65 Å². The molecule has 0 aromatic carbocycles. The summed E-state index contributed by atoms with van der Waals surface area (Å²) in [7, 11) is 0. The molecule has 4 rings (SSSR count). The minimum atomic E-state index is -0.544. The molecule has 7 nitrogen and oxygen atoms in total. The van der Waals surface area contributed by atoms with Crippen molar-refractivity contribution < 1.29 is 5.11 Å². The van der Waals surface area contributed by atoms with Gasteiger partial charge in [-0.05, 0) is 30.9 Å². The normalized spacial score (nSPS) is 22.2. The number of rotatable bonds is 2. The molecule has 94 valence electrons. The Hall–Kier alpha value is -1.89. The Morgan fingerprint density at radius 2 is 2.17 bits per heavy atom. The fraction of sp³-hybridized carbons (Fsp3) is 0.545. The Bertz CT molecular complexity index is 665. The summed E-state index contributed by atoms with van der Waals surface area (Å²) in [6.07, 6.45) is 2.25. The maximum atomic E-state index is 11.4. The van der Waals surface area contributed by atoms with Gasteiger partial charge in [-0.25, -0.2) is 9.89 Å². The van der Waals surface area contributed by atoms with Gasteiger partial charge in [0.05, 0.1) is 13.1 Å². The third-order valence-electron chi connectivity index (χ3n) is 3.85. The minimum Gasteiger partial charge on any atom is -0.386 e. The van der Waals surface area contributed by atoms with Crippen molar-refractivity contribution in [2.24, 2.45) is 5.92 Å². The molecule has 1 aliphatic carbocycles. The van der Waals surface area contributed by atoms with Crippen LogP contribution in [0.2, 0.25) is 0 Å². The second kappa shape index (κ2) is 3.11. The van der Waals surface area contributed by atoms with Gasteiger partial charge in [-0.3, -0.25) is 0 Å². The lowest BCUT2D eigenvalue weighted by atomic mass is 9.89. The molecule has 2 aromatic heterocycles. The summed E-state index contributed by atoms with van der Waals surface area (Å²) in [6, 6.07) is 3.57. The Morgan fingerprint density at radius 1 is 1.39 bits per heavy atom. The van der Waals surface area contributed by atoms with Gasteiger partial charge >= 0.3 is 5.69 Å². The smallest absolute Gasteiger partial charge is 0.364 e. The SMILES string of the molecule is O=c1[nH]nc2ccc(N3CC(O)(C4CC4)C3)nn12. The molecule has 7 heteroatoms. The summed E-state index contributed by atoms with van der Waals surface area (Å²) in [6.45, 7) is 1.20. The number of fused-ring (bicyclic) bond motifs is 1. The molecule has 0 amide bonds. The molecule has 18 heavy (non-hydrogen) atoms. The monoisotopic (exact) mass is 247 g/mol. The number of aromatic amines is 1. The molecule has 0 radical (unpaired) electrons. The second-order valence-electron chi connectivity index (χ2n) is 5.22. The van der Waals surface area contributed by atoms with Gasteiger partial charge in [0.1, 0.15) is 11.4 Å². The van der Waals surface area contributed by atoms with E-state index in [1.807, 2.05) is 11.0 Å². The van der Waals surface area contributed by atoms with Gasteiger partial charge in [-0.2, -0.15) is 9.61 Å². The van der Waals surface area contributed by atoms with Crippen molar-refractivity contribution in [3.8, 4) is 0 Å². The van der Waals surface area contributed by atoms with Crippen molar-refractivity contribution in [2.45, 2.75) is 18.4 Å². The molecular formula is C11H13N5O2. The lowest BCUT2D eigenvalue weighted by Gasteiger charge is -2.47. The number of aliphatic hydroxyl groups is 1. The maximum Gasteiger partial charge on any atom is 0.364 e. The van der Waals surface area contributed by atoms with Gasteiger partial charge in [-0.1, -0.05) is 0 Å². The topological polar surface area (TPSA) is 86.5 Å². The van der Waals surface area contributed by atoms with E-state index in [1.54, 1.807) is 6.07 Å². The molecule has 2 fully saturated rings. The van der Waals surface area contributed by atoms with Crippen LogP contribution in [0.25, 0.3) is 5.65 Å². The second-order valence-corrected chi connectivity index (χ2v) is 5.22. The number of hydrogen-bond acceptors (Lipinski definition) is 5. The Balaban J connectivity index is 1.64. The molecule has 3 heterocycles. The first-order valence-electron chi connectivity index (χ1n) is 6.07. The number of β-amino-alcohol motifs (C(OH)–C–C–N with tert-alkyl or cyclic N) is 1. The highest BCUT2D eigenvalue weighted by molar-refractivity contribution is 5.48. The predicted octanol–water partition coefficient (Wildman–Crippen LogP) is -0.621. The van der Waals surface area contributed by atoms with E-state index >= 15 is 0 Å². The van der Waals surface area contributed by atoms with Crippen LogP contribution in [0, 0.1) is 5.92 Å². The fourth-order valence-corrected chi connectivity index (χ4v) is 2.62. The molecule has 0 unspecified atom stereocenters. The summed E-state index contributed by atoms with van der Waals surface area (Å²) >= 11 is 0. The quantitative estimate of drug-likeness (QED) is 0.738. The molecule has 0 spiro atoms. The van der Waals surface area contributed by atoms with Crippen molar-refractivity contribution in [3.05, 3.63) is 22.6 Å². The third kappa shape index (κ3) is 1.30. The van der Waals surface area contributed by atoms with Gasteiger partial charge in [-0.15, -0.1) is 5.10 Å². The Morgan fingerprint density at radius 3 is 2.89 bits per heavy atom. The fourth-order valence-electron chi connectivity index (χ4n) is 2.62. The zero-order valence-corrected chi connectivity index (χ0v) is 9.70. The van der Waals surface area contributed by atoms with Crippen molar-refractivity contribution in [3.63, 3.8) is 0 Å². The van der Waals surface area contributed by atoms with E-state index in [4.69, 9.17) is 0 Å². The van der Waals surface area contributed by atoms with Gasteiger partial charge < -0.3 is 10.0 Å². The first kappa shape index (κ1) is 10.1. The van der Waals surface area contributed by atoms with E-state index in [9.17, 15) is 9.90 Å². The van der Waals surface area contributed by atoms with E-state index in [1.165, 1.54) is 4.52 Å². The molecule has 1 saturated carbocycles. The van der Waals surface area contributed by atoms with Crippen LogP contribution in [0.3, 0.4) is 0 Å².